The van der Waals surface area contributed by atoms with E-state index in [1.54, 1.807) is 0 Å². The highest BCUT2D eigenvalue weighted by molar-refractivity contribution is 6.30. The highest BCUT2D eigenvalue weighted by Crippen LogP contribution is 2.28. The van der Waals surface area contributed by atoms with Gasteiger partial charge in [-0.05, 0) is 39.0 Å². The number of ether oxygens (including phenoxy) is 1. The van der Waals surface area contributed by atoms with Gasteiger partial charge in [-0.1, -0.05) is 11.6 Å². The van der Waals surface area contributed by atoms with E-state index in [4.69, 9.17) is 16.3 Å². The van der Waals surface area contributed by atoms with Crippen molar-refractivity contribution in [1.82, 2.24) is 0 Å². The van der Waals surface area contributed by atoms with Crippen molar-refractivity contribution in [1.29, 1.82) is 0 Å². The molecule has 1 aromatic carbocycles. The number of hydrogen-bond donors (Lipinski definition) is 1. The monoisotopic (exact) mass is 213 g/mol. The average molecular weight is 214 g/mol. The van der Waals surface area contributed by atoms with Gasteiger partial charge in [-0.25, -0.2) is 0 Å². The van der Waals surface area contributed by atoms with Crippen molar-refractivity contribution < 1.29 is 4.74 Å². The van der Waals surface area contributed by atoms with Gasteiger partial charge in [0.2, 0.25) is 0 Å². The summed E-state index contributed by atoms with van der Waals surface area (Å²) in [6.45, 7) is 6.91. The second kappa shape index (κ2) is 5.11. The van der Waals surface area contributed by atoms with Crippen LogP contribution in [0.15, 0.2) is 18.2 Å². The van der Waals surface area contributed by atoms with Gasteiger partial charge in [0.1, 0.15) is 5.75 Å². The van der Waals surface area contributed by atoms with E-state index < -0.39 is 0 Å². The molecular weight excluding hydrogens is 198 g/mol. The van der Waals surface area contributed by atoms with Crippen molar-refractivity contribution in [3.8, 4) is 5.75 Å². The summed E-state index contributed by atoms with van der Waals surface area (Å²) in [6, 6.07) is 5.60. The van der Waals surface area contributed by atoms with Crippen LogP contribution in [0.5, 0.6) is 5.75 Å². The van der Waals surface area contributed by atoms with Crippen LogP contribution in [0.25, 0.3) is 0 Å². The zero-order chi connectivity index (χ0) is 10.6. The number of nitrogens with one attached hydrogen (secondary N) is 1. The lowest BCUT2D eigenvalue weighted by molar-refractivity contribution is 0.243. The fraction of sp³-hybridized carbons (Fsp3) is 0.455. The lowest BCUT2D eigenvalue weighted by Crippen LogP contribution is -2.08. The zero-order valence-electron chi connectivity index (χ0n) is 8.80. The SMILES string of the molecule is CCNc1cc(Cl)ccc1OC(C)C. The summed E-state index contributed by atoms with van der Waals surface area (Å²) < 4.78 is 5.63. The fourth-order valence-electron chi connectivity index (χ4n) is 1.19. The fourth-order valence-corrected chi connectivity index (χ4v) is 1.36. The molecule has 0 bridgehead atoms. The van der Waals surface area contributed by atoms with E-state index in [2.05, 4.69) is 5.32 Å². The molecule has 78 valence electrons. The third kappa shape index (κ3) is 3.11. The van der Waals surface area contributed by atoms with Crippen molar-refractivity contribution in [2.75, 3.05) is 11.9 Å². The molecule has 0 saturated carbocycles. The second-order valence-corrected chi connectivity index (χ2v) is 3.77. The second-order valence-electron chi connectivity index (χ2n) is 3.34. The molecule has 1 aromatic rings. The molecule has 1 rings (SSSR count). The van der Waals surface area contributed by atoms with Crippen molar-refractivity contribution >= 4 is 17.3 Å². The standard InChI is InChI=1S/C11H16ClNO/c1-4-13-10-7-9(12)5-6-11(10)14-8(2)3/h5-8,13H,4H2,1-3H3. The smallest absolute Gasteiger partial charge is 0.142 e. The lowest BCUT2D eigenvalue weighted by Gasteiger charge is -2.14. The van der Waals surface area contributed by atoms with Crippen molar-refractivity contribution in [3.63, 3.8) is 0 Å². The first-order valence-electron chi connectivity index (χ1n) is 4.83. The van der Waals surface area contributed by atoms with Crippen molar-refractivity contribution in [2.24, 2.45) is 0 Å². The van der Waals surface area contributed by atoms with Crippen LogP contribution >= 0.6 is 11.6 Å². The van der Waals surface area contributed by atoms with Crippen LogP contribution in [0.2, 0.25) is 5.02 Å². The van der Waals surface area contributed by atoms with Gasteiger partial charge in [0.25, 0.3) is 0 Å². The van der Waals surface area contributed by atoms with Crippen molar-refractivity contribution in [2.45, 2.75) is 26.9 Å². The first-order valence-corrected chi connectivity index (χ1v) is 5.21. The summed E-state index contributed by atoms with van der Waals surface area (Å²) in [5.41, 5.74) is 0.953. The normalized spacial score (nSPS) is 10.4. The van der Waals surface area contributed by atoms with Gasteiger partial charge >= 0.3 is 0 Å². The molecule has 0 heterocycles. The molecule has 14 heavy (non-hydrogen) atoms. The van der Waals surface area contributed by atoms with E-state index in [0.717, 1.165) is 23.0 Å². The largest absolute Gasteiger partial charge is 0.489 e. The molecule has 0 unspecified atom stereocenters. The molecule has 1 N–H and O–H groups in total. The molecule has 0 aromatic heterocycles. The van der Waals surface area contributed by atoms with Gasteiger partial charge in [0, 0.05) is 11.6 Å². The van der Waals surface area contributed by atoms with E-state index in [9.17, 15) is 0 Å². The Balaban J connectivity index is 2.89. The lowest BCUT2D eigenvalue weighted by atomic mass is 10.3. The summed E-state index contributed by atoms with van der Waals surface area (Å²) >= 11 is 5.89. The maximum Gasteiger partial charge on any atom is 0.142 e. The van der Waals surface area contributed by atoms with Gasteiger partial charge in [-0.3, -0.25) is 0 Å². The summed E-state index contributed by atoms with van der Waals surface area (Å²) in [4.78, 5) is 0. The van der Waals surface area contributed by atoms with Crippen LogP contribution in [0.3, 0.4) is 0 Å². The molecular formula is C11H16ClNO. The van der Waals surface area contributed by atoms with Gasteiger partial charge in [-0.15, -0.1) is 0 Å². The maximum absolute atomic E-state index is 5.89. The van der Waals surface area contributed by atoms with Crippen LogP contribution in [0.4, 0.5) is 5.69 Å². The quantitative estimate of drug-likeness (QED) is 0.826. The van der Waals surface area contributed by atoms with Gasteiger partial charge < -0.3 is 10.1 Å². The number of halogens is 1. The molecule has 0 aliphatic carbocycles. The molecule has 0 amide bonds. The Morgan fingerprint density at radius 2 is 2.14 bits per heavy atom. The molecule has 0 saturated heterocycles. The first kappa shape index (κ1) is 11.2. The Morgan fingerprint density at radius 1 is 1.43 bits per heavy atom. The van der Waals surface area contributed by atoms with Gasteiger partial charge in [-0.2, -0.15) is 0 Å². The van der Waals surface area contributed by atoms with Crippen molar-refractivity contribution in [3.05, 3.63) is 23.2 Å². The van der Waals surface area contributed by atoms with Crippen LogP contribution in [0, 0.1) is 0 Å². The summed E-state index contributed by atoms with van der Waals surface area (Å²) in [6.07, 6.45) is 0.175. The molecule has 3 heteroatoms. The van der Waals surface area contributed by atoms with Crippen LogP contribution in [-0.4, -0.2) is 12.6 Å². The first-order chi connectivity index (χ1) is 6.63. The Kier molecular flexibility index (Phi) is 4.08. The van der Waals surface area contributed by atoms with E-state index in [-0.39, 0.29) is 6.10 Å². The van der Waals surface area contributed by atoms with E-state index in [1.165, 1.54) is 0 Å². The molecule has 0 fully saturated rings. The Labute approximate surface area is 90.2 Å². The Hall–Kier alpha value is -0.890. The average Bonchev–Trinajstić information content (AvgIpc) is 2.09. The number of anilines is 1. The Morgan fingerprint density at radius 3 is 2.71 bits per heavy atom. The van der Waals surface area contributed by atoms with Gasteiger partial charge in [0.05, 0.1) is 11.8 Å². The van der Waals surface area contributed by atoms with E-state index in [1.807, 2.05) is 39.0 Å². The minimum atomic E-state index is 0.175. The van der Waals surface area contributed by atoms with Gasteiger partial charge in [0.15, 0.2) is 0 Å². The highest BCUT2D eigenvalue weighted by atomic mass is 35.5. The molecule has 0 radical (unpaired) electrons. The van der Waals surface area contributed by atoms with Crippen LogP contribution in [-0.2, 0) is 0 Å². The number of rotatable bonds is 4. The van der Waals surface area contributed by atoms with E-state index in [0.29, 0.717) is 0 Å². The molecule has 0 aliphatic heterocycles. The topological polar surface area (TPSA) is 21.3 Å². The van der Waals surface area contributed by atoms with E-state index >= 15 is 0 Å². The Bertz CT molecular complexity index is 299. The number of benzene rings is 1. The molecule has 2 nitrogen and oxygen atoms in total. The zero-order valence-corrected chi connectivity index (χ0v) is 9.56. The van der Waals surface area contributed by atoms with Crippen LogP contribution < -0.4 is 10.1 Å². The minimum Gasteiger partial charge on any atom is -0.489 e. The molecule has 0 aliphatic rings. The number of hydrogen-bond acceptors (Lipinski definition) is 2. The van der Waals surface area contributed by atoms with Crippen LogP contribution in [0.1, 0.15) is 20.8 Å². The predicted molar refractivity (Wildman–Crippen MR) is 61.4 cm³/mol. The third-order valence-electron chi connectivity index (χ3n) is 1.67. The summed E-state index contributed by atoms with van der Waals surface area (Å²) in [5.74, 6) is 0.853. The summed E-state index contributed by atoms with van der Waals surface area (Å²) in [5, 5.41) is 3.93. The maximum atomic E-state index is 5.89. The molecule has 0 spiro atoms. The summed E-state index contributed by atoms with van der Waals surface area (Å²) in [7, 11) is 0. The highest BCUT2D eigenvalue weighted by Gasteiger charge is 2.05. The molecule has 0 atom stereocenters. The minimum absolute atomic E-state index is 0.175. The third-order valence-corrected chi connectivity index (χ3v) is 1.91. The predicted octanol–water partition coefficient (Wildman–Crippen LogP) is 3.56.